The summed E-state index contributed by atoms with van der Waals surface area (Å²) in [5, 5.41) is 9.34. The number of alkyl halides is 3. The molecule has 94 valence electrons. The van der Waals surface area contributed by atoms with E-state index in [0.29, 0.717) is 0 Å². The number of carbonyl (C=O) groups is 1. The number of β-amino-alcohol motifs (C(OH)–C–C–N with tert-alkyl or cyclic N) is 1. The molecule has 4 nitrogen and oxygen atoms in total. The van der Waals surface area contributed by atoms with Crippen LogP contribution in [0.25, 0.3) is 0 Å². The molecule has 1 fully saturated rings. The molecular weight excluding hydrogens is 227 g/mol. The van der Waals surface area contributed by atoms with Gasteiger partial charge in [0.1, 0.15) is 0 Å². The van der Waals surface area contributed by atoms with Crippen LogP contribution in [-0.4, -0.2) is 54.5 Å². The van der Waals surface area contributed by atoms with Gasteiger partial charge in [0.2, 0.25) is 0 Å². The SMILES string of the molecule is COC(=O)CCN1CC[C@](O)(C(F)(F)F)C1. The van der Waals surface area contributed by atoms with E-state index < -0.39 is 24.3 Å². The third-order valence-corrected chi connectivity index (χ3v) is 2.71. The second-order valence-corrected chi connectivity index (χ2v) is 3.88. The van der Waals surface area contributed by atoms with Gasteiger partial charge in [0.15, 0.2) is 5.60 Å². The number of carbonyl (C=O) groups excluding carboxylic acids is 1. The number of nitrogens with zero attached hydrogens (tertiary/aromatic N) is 1. The molecule has 0 amide bonds. The van der Waals surface area contributed by atoms with Gasteiger partial charge in [0.05, 0.1) is 13.5 Å². The topological polar surface area (TPSA) is 49.8 Å². The van der Waals surface area contributed by atoms with Crippen LogP contribution in [-0.2, 0) is 9.53 Å². The molecule has 0 spiro atoms. The molecule has 1 aliphatic heterocycles. The second kappa shape index (κ2) is 4.58. The number of hydrogen-bond donors (Lipinski definition) is 1. The van der Waals surface area contributed by atoms with E-state index in [0.717, 1.165) is 0 Å². The van der Waals surface area contributed by atoms with Gasteiger partial charge in [-0.05, 0) is 6.42 Å². The van der Waals surface area contributed by atoms with E-state index in [-0.39, 0.29) is 25.9 Å². The van der Waals surface area contributed by atoms with Crippen molar-refractivity contribution in [3.63, 3.8) is 0 Å². The summed E-state index contributed by atoms with van der Waals surface area (Å²) in [6.07, 6.45) is -4.94. The highest BCUT2D eigenvalue weighted by Crippen LogP contribution is 2.37. The lowest BCUT2D eigenvalue weighted by Gasteiger charge is -2.25. The first-order valence-corrected chi connectivity index (χ1v) is 4.87. The number of hydrogen-bond acceptors (Lipinski definition) is 4. The highest BCUT2D eigenvalue weighted by atomic mass is 19.4. The minimum absolute atomic E-state index is 0.0322. The Labute approximate surface area is 91.0 Å². The van der Waals surface area contributed by atoms with Crippen LogP contribution in [0.15, 0.2) is 0 Å². The predicted molar refractivity (Wildman–Crippen MR) is 48.7 cm³/mol. The first-order valence-electron chi connectivity index (χ1n) is 4.87. The molecule has 0 unspecified atom stereocenters. The van der Waals surface area contributed by atoms with Gasteiger partial charge >= 0.3 is 12.1 Å². The highest BCUT2D eigenvalue weighted by Gasteiger charge is 2.56. The lowest BCUT2D eigenvalue weighted by atomic mass is 10.0. The fraction of sp³-hybridized carbons (Fsp3) is 0.889. The van der Waals surface area contributed by atoms with Crippen molar-refractivity contribution in [2.75, 3.05) is 26.7 Å². The maximum atomic E-state index is 12.4. The molecule has 0 radical (unpaired) electrons. The Morgan fingerprint density at radius 3 is 2.62 bits per heavy atom. The van der Waals surface area contributed by atoms with Gasteiger partial charge in [0, 0.05) is 19.6 Å². The molecule has 0 bridgehead atoms. The van der Waals surface area contributed by atoms with E-state index in [1.807, 2.05) is 0 Å². The normalized spacial score (nSPS) is 27.1. The zero-order chi connectivity index (χ0) is 12.4. The lowest BCUT2D eigenvalue weighted by molar-refractivity contribution is -0.253. The van der Waals surface area contributed by atoms with Gasteiger partial charge in [-0.1, -0.05) is 0 Å². The molecule has 7 heteroatoms. The third-order valence-electron chi connectivity index (χ3n) is 2.71. The standard InChI is InChI=1S/C9H14F3NO3/c1-16-7(14)2-4-13-5-3-8(15,6-13)9(10,11)12/h15H,2-6H2,1H3/t8-/m1/s1. The summed E-state index contributed by atoms with van der Waals surface area (Å²) in [6, 6.07) is 0. The Kier molecular flexibility index (Phi) is 3.80. The number of aliphatic hydroxyl groups is 1. The Morgan fingerprint density at radius 2 is 2.19 bits per heavy atom. The monoisotopic (exact) mass is 241 g/mol. The van der Waals surface area contributed by atoms with Crippen LogP contribution in [0.1, 0.15) is 12.8 Å². The van der Waals surface area contributed by atoms with Gasteiger partial charge in [-0.15, -0.1) is 0 Å². The smallest absolute Gasteiger partial charge is 0.418 e. The van der Waals surface area contributed by atoms with Crippen LogP contribution in [0.5, 0.6) is 0 Å². The van der Waals surface area contributed by atoms with E-state index in [9.17, 15) is 23.1 Å². The van der Waals surface area contributed by atoms with Gasteiger partial charge < -0.3 is 9.84 Å². The van der Waals surface area contributed by atoms with E-state index in [4.69, 9.17) is 0 Å². The van der Waals surface area contributed by atoms with Crippen molar-refractivity contribution in [3.8, 4) is 0 Å². The Hall–Kier alpha value is -0.820. The summed E-state index contributed by atoms with van der Waals surface area (Å²) < 4.78 is 41.6. The number of halogens is 3. The van der Waals surface area contributed by atoms with Crippen molar-refractivity contribution < 1.29 is 27.8 Å². The highest BCUT2D eigenvalue weighted by molar-refractivity contribution is 5.69. The molecule has 1 saturated heterocycles. The minimum atomic E-state index is -4.62. The first-order chi connectivity index (χ1) is 7.28. The summed E-state index contributed by atoms with van der Waals surface area (Å²) in [4.78, 5) is 12.2. The van der Waals surface area contributed by atoms with Crippen molar-refractivity contribution in [2.24, 2.45) is 0 Å². The molecule has 1 N–H and O–H groups in total. The summed E-state index contributed by atoms with van der Waals surface area (Å²) in [5.41, 5.74) is -2.64. The van der Waals surface area contributed by atoms with E-state index in [1.165, 1.54) is 12.0 Å². The Morgan fingerprint density at radius 1 is 1.56 bits per heavy atom. The van der Waals surface area contributed by atoms with E-state index >= 15 is 0 Å². The molecular formula is C9H14F3NO3. The van der Waals surface area contributed by atoms with Crippen molar-refractivity contribution in [1.82, 2.24) is 4.90 Å². The lowest BCUT2D eigenvalue weighted by Crippen LogP contribution is -2.47. The number of ether oxygens (including phenoxy) is 1. The van der Waals surface area contributed by atoms with E-state index in [2.05, 4.69) is 4.74 Å². The third kappa shape index (κ3) is 2.85. The molecule has 1 rings (SSSR count). The fourth-order valence-electron chi connectivity index (χ4n) is 1.64. The minimum Gasteiger partial charge on any atom is -0.469 e. The number of rotatable bonds is 3. The maximum Gasteiger partial charge on any atom is 0.418 e. The molecule has 0 aliphatic carbocycles. The van der Waals surface area contributed by atoms with Crippen LogP contribution in [0.4, 0.5) is 13.2 Å². The molecule has 16 heavy (non-hydrogen) atoms. The largest absolute Gasteiger partial charge is 0.469 e. The van der Waals surface area contributed by atoms with Crippen molar-refractivity contribution in [3.05, 3.63) is 0 Å². The zero-order valence-electron chi connectivity index (χ0n) is 8.88. The summed E-state index contributed by atoms with van der Waals surface area (Å²) in [6.45, 7) is -0.175. The van der Waals surface area contributed by atoms with Crippen LogP contribution >= 0.6 is 0 Å². The van der Waals surface area contributed by atoms with Crippen molar-refractivity contribution >= 4 is 5.97 Å². The van der Waals surface area contributed by atoms with Crippen molar-refractivity contribution in [2.45, 2.75) is 24.6 Å². The molecule has 1 aliphatic rings. The average Bonchev–Trinajstić information content (AvgIpc) is 2.57. The van der Waals surface area contributed by atoms with Crippen LogP contribution in [0, 0.1) is 0 Å². The summed E-state index contributed by atoms with van der Waals surface area (Å²) >= 11 is 0. The molecule has 0 aromatic carbocycles. The molecule has 0 saturated carbocycles. The number of likely N-dealkylation sites (tertiary alicyclic amines) is 1. The van der Waals surface area contributed by atoms with Gasteiger partial charge in [-0.3, -0.25) is 9.69 Å². The van der Waals surface area contributed by atoms with Crippen molar-refractivity contribution in [1.29, 1.82) is 0 Å². The number of esters is 1. The van der Waals surface area contributed by atoms with E-state index in [1.54, 1.807) is 0 Å². The summed E-state index contributed by atoms with van der Waals surface area (Å²) in [7, 11) is 1.22. The molecule has 0 aromatic heterocycles. The Balaban J connectivity index is 2.44. The van der Waals surface area contributed by atoms with Gasteiger partial charge in [0.25, 0.3) is 0 Å². The second-order valence-electron chi connectivity index (χ2n) is 3.88. The molecule has 1 heterocycles. The Bertz CT molecular complexity index is 269. The van der Waals surface area contributed by atoms with Crippen LogP contribution in [0.2, 0.25) is 0 Å². The quantitative estimate of drug-likeness (QED) is 0.733. The maximum absolute atomic E-state index is 12.4. The first kappa shape index (κ1) is 13.2. The van der Waals surface area contributed by atoms with Crippen LogP contribution in [0.3, 0.4) is 0 Å². The van der Waals surface area contributed by atoms with Gasteiger partial charge in [-0.25, -0.2) is 0 Å². The zero-order valence-corrected chi connectivity index (χ0v) is 8.88. The van der Waals surface area contributed by atoms with Crippen LogP contribution < -0.4 is 0 Å². The predicted octanol–water partition coefficient (Wildman–Crippen LogP) is 0.549. The molecule has 1 atom stereocenters. The number of methoxy groups -OCH3 is 1. The average molecular weight is 241 g/mol. The molecule has 0 aromatic rings. The van der Waals surface area contributed by atoms with Gasteiger partial charge in [-0.2, -0.15) is 13.2 Å². The fourth-order valence-corrected chi connectivity index (χ4v) is 1.64. The summed E-state index contributed by atoms with van der Waals surface area (Å²) in [5.74, 6) is -0.470.